The quantitative estimate of drug-likeness (QED) is 0.149. The molecule has 434 valence electrons. The van der Waals surface area contributed by atoms with Crippen molar-refractivity contribution in [1.29, 1.82) is 0 Å². The summed E-state index contributed by atoms with van der Waals surface area (Å²) in [5.41, 5.74) is 0. The Labute approximate surface area is 442 Å². The Morgan fingerprint density at radius 2 is 0.521 bits per heavy atom. The average Bonchev–Trinajstić information content (AvgIpc) is 3.31. The van der Waals surface area contributed by atoms with E-state index >= 15 is 0 Å². The first kappa shape index (κ1) is 103. The minimum absolute atomic E-state index is 0. The molecule has 0 aliphatic carbocycles. The maximum atomic E-state index is 10.3. The molecule has 6 N–H and O–H groups in total. The number of rotatable bonds is 0. The van der Waals surface area contributed by atoms with Crippen LogP contribution in [0, 0.1) is 0 Å². The first-order chi connectivity index (χ1) is 32.0. The minimum Gasteiger partial charge on any atom is -0.469 e. The Hall–Kier alpha value is -5.13. The molecule has 0 rings (SSSR count). The molecule has 0 radical (unpaired) electrons. The van der Waals surface area contributed by atoms with Gasteiger partial charge in [0.15, 0.2) is 0 Å². The third-order valence-electron chi connectivity index (χ3n) is 4.63. The number of nitrogens with one attached hydrogen (secondary N) is 6. The van der Waals surface area contributed by atoms with E-state index in [0.717, 1.165) is 0 Å². The Balaban J connectivity index is -0.0000000415. The smallest absolute Gasteiger partial charge is 0.406 e. The number of hydrogen-bond acceptors (Lipinski definition) is 19. The van der Waals surface area contributed by atoms with Gasteiger partial charge in [-0.1, -0.05) is 31.0 Å². The van der Waals surface area contributed by atoms with Crippen LogP contribution in [0.5, 0.6) is 0 Å². The molecule has 0 aliphatic rings. The first-order valence-corrected chi connectivity index (χ1v) is 23.7. The molecule has 0 atom stereocenters. The molecule has 29 heteroatoms. The fourth-order valence-electron chi connectivity index (χ4n) is 0.855. The number of carbonyl (C=O) groups is 10. The van der Waals surface area contributed by atoms with Crippen LogP contribution in [0.3, 0.4) is 0 Å². The molecule has 0 aliphatic heterocycles. The number of ether oxygens (including phenoxy) is 5. The van der Waals surface area contributed by atoms with Gasteiger partial charge in [0.05, 0.1) is 28.4 Å². The predicted molar refractivity (Wildman–Crippen MR) is 298 cm³/mol. The molecule has 0 spiro atoms. The maximum Gasteiger partial charge on any atom is 0.406 e. The maximum absolute atomic E-state index is 10.3. The molecule has 26 nitrogen and oxygen atoms in total. The minimum atomic E-state index is -0.407. The summed E-state index contributed by atoms with van der Waals surface area (Å²) < 4.78 is 20.8. The summed E-state index contributed by atoms with van der Waals surface area (Å²) in [7, 11) is 37.7. The van der Waals surface area contributed by atoms with Gasteiger partial charge in [-0.05, 0) is 46.2 Å². The van der Waals surface area contributed by atoms with Gasteiger partial charge in [0.1, 0.15) is 0 Å². The number of carbonyl (C=O) groups excluding carboxylic acids is 10. The molecular weight excluding hydrogens is 995 g/mol. The second-order valence-electron chi connectivity index (χ2n) is 12.2. The highest BCUT2D eigenvalue weighted by atomic mass is 32.2. The molecule has 0 unspecified atom stereocenters. The molecular formula is C42H103N11O15S3. The lowest BCUT2D eigenvalue weighted by Crippen LogP contribution is -2.31. The Morgan fingerprint density at radius 1 is 0.366 bits per heavy atom. The van der Waals surface area contributed by atoms with Crippen molar-refractivity contribution >= 4 is 93.8 Å². The molecule has 10 amide bonds. The van der Waals surface area contributed by atoms with E-state index in [9.17, 15) is 47.9 Å². The number of esters is 2. The van der Waals surface area contributed by atoms with Gasteiger partial charge in [0.2, 0.25) is 11.8 Å². The van der Waals surface area contributed by atoms with Gasteiger partial charge in [0, 0.05) is 141 Å². The molecule has 0 aromatic rings. The molecule has 71 heavy (non-hydrogen) atoms. The average molecular weight is 1100 g/mol. The first-order valence-electron chi connectivity index (χ1n) is 19.7. The molecule has 0 aromatic carbocycles. The predicted octanol–water partition coefficient (Wildman–Crippen LogP) is 3.70. The zero-order chi connectivity index (χ0) is 59.6. The Bertz CT molecular complexity index is 1060. The fourth-order valence-corrected chi connectivity index (χ4v) is 1.26. The van der Waals surface area contributed by atoms with E-state index in [0.29, 0.717) is 0 Å². The van der Waals surface area contributed by atoms with E-state index in [1.807, 2.05) is 38.6 Å². The summed E-state index contributed by atoms with van der Waals surface area (Å²) in [6, 6.07) is -0.139. The molecule has 0 saturated heterocycles. The Kier molecular flexibility index (Phi) is 132. The van der Waals surface area contributed by atoms with Gasteiger partial charge in [-0.2, -0.15) is 11.8 Å². The van der Waals surface area contributed by atoms with Crippen molar-refractivity contribution in [1.82, 2.24) is 56.4 Å². The normalized spacial score (nSPS) is 7.32. The van der Waals surface area contributed by atoms with Gasteiger partial charge >= 0.3 is 36.2 Å². The van der Waals surface area contributed by atoms with Crippen LogP contribution >= 0.6 is 35.3 Å². The van der Waals surface area contributed by atoms with Crippen molar-refractivity contribution in [2.24, 2.45) is 0 Å². The number of amides is 10. The van der Waals surface area contributed by atoms with Gasteiger partial charge < -0.3 is 80.1 Å². The van der Waals surface area contributed by atoms with E-state index in [1.54, 1.807) is 123 Å². The highest BCUT2D eigenvalue weighted by Crippen LogP contribution is 1.89. The van der Waals surface area contributed by atoms with Gasteiger partial charge in [0.25, 0.3) is 10.5 Å². The monoisotopic (exact) mass is 1100 g/mol. The number of alkyl carbamates (subject to hydrolysis) is 2. The summed E-state index contributed by atoms with van der Waals surface area (Å²) in [5.74, 6) is -0.306. The van der Waals surface area contributed by atoms with Gasteiger partial charge in [-0.3, -0.25) is 28.8 Å². The summed E-state index contributed by atoms with van der Waals surface area (Å²) >= 11 is 4.10. The van der Waals surface area contributed by atoms with Crippen LogP contribution in [0.2, 0.25) is 0 Å². The van der Waals surface area contributed by atoms with Crippen LogP contribution in [0.15, 0.2) is 0 Å². The van der Waals surface area contributed by atoms with Crippen molar-refractivity contribution in [2.75, 3.05) is 187 Å². The number of nitrogens with zero attached hydrogens (tertiary/aromatic N) is 5. The number of thioether (sulfide) groups is 3. The van der Waals surface area contributed by atoms with E-state index in [4.69, 9.17) is 0 Å². The lowest BCUT2D eigenvalue weighted by Gasteiger charge is -2.06. The topological polar surface area (TPSA) is 305 Å². The molecule has 0 saturated carbocycles. The number of methoxy groups -OCH3 is 5. The van der Waals surface area contributed by atoms with Crippen LogP contribution < -0.4 is 31.9 Å². The summed E-state index contributed by atoms with van der Waals surface area (Å²) in [6.07, 6.45) is 6.74. The lowest BCUT2D eigenvalue weighted by molar-refractivity contribution is -0.138. The molecule has 0 fully saturated rings. The van der Waals surface area contributed by atoms with E-state index in [-0.39, 0.29) is 53.7 Å². The molecule has 0 aromatic heterocycles. The second kappa shape index (κ2) is 91.2. The molecule has 0 bridgehead atoms. The third kappa shape index (κ3) is 211. The van der Waals surface area contributed by atoms with E-state index in [1.165, 1.54) is 113 Å². The zero-order valence-electron chi connectivity index (χ0n) is 48.6. The third-order valence-corrected chi connectivity index (χ3v) is 5.78. The highest BCUT2D eigenvalue weighted by Gasteiger charge is 1.95. The largest absolute Gasteiger partial charge is 0.469 e. The van der Waals surface area contributed by atoms with Gasteiger partial charge in [-0.25, -0.2) is 19.2 Å². The zero-order valence-corrected chi connectivity index (χ0v) is 51.0. The van der Waals surface area contributed by atoms with Crippen LogP contribution in [0.1, 0.15) is 35.1 Å². The summed E-state index contributed by atoms with van der Waals surface area (Å²) in [5, 5.41) is 14.3. The fraction of sp³-hybridized carbons (Fsp3) is 0.762. The van der Waals surface area contributed by atoms with Crippen molar-refractivity contribution in [3.8, 4) is 0 Å². The Morgan fingerprint density at radius 3 is 0.521 bits per heavy atom. The molecule has 0 heterocycles. The van der Waals surface area contributed by atoms with Gasteiger partial charge in [-0.15, -0.1) is 0 Å². The van der Waals surface area contributed by atoms with Crippen LogP contribution in [0.4, 0.5) is 28.8 Å². The summed E-state index contributed by atoms with van der Waals surface area (Å²) in [6.45, 7) is 5.78. The highest BCUT2D eigenvalue weighted by molar-refractivity contribution is 8.13. The number of hydrogen-bond donors (Lipinski definition) is 6. The number of urea groups is 2. The van der Waals surface area contributed by atoms with Crippen LogP contribution in [0.25, 0.3) is 0 Å². The summed E-state index contributed by atoms with van der Waals surface area (Å²) in [4.78, 5) is 108. The van der Waals surface area contributed by atoms with Crippen molar-refractivity contribution < 1.29 is 71.6 Å². The second-order valence-corrected chi connectivity index (χ2v) is 14.6. The van der Waals surface area contributed by atoms with E-state index in [2.05, 4.69) is 55.6 Å². The standard InChI is InChI=1S/2C4H10N2O.2C4H9NO.2C3H7NO2.2C3H7NOS.C3H9N.2C3H6O2.C2H6O.C2H6S.CH4/c2*1-5-4(7)6(2)3;2*1-4(6)5(2)3;4*1-4-3(5)6-2;1-4(2)3;2*1-3(4)5-2;2*1-3-2;/h2*1-3H3,(H,5,7);2*1-3H3;4*1-2H3,(H,4,5);1-3H3;2*1-2H3;2*1-2H3;1H4. The lowest BCUT2D eigenvalue weighted by atomic mass is 10.7. The van der Waals surface area contributed by atoms with E-state index < -0.39 is 12.2 Å². The van der Waals surface area contributed by atoms with Crippen molar-refractivity contribution in [2.45, 2.75) is 35.1 Å². The van der Waals surface area contributed by atoms with Crippen molar-refractivity contribution in [3.63, 3.8) is 0 Å². The van der Waals surface area contributed by atoms with Crippen LogP contribution in [-0.2, 0) is 42.9 Å². The van der Waals surface area contributed by atoms with Crippen LogP contribution in [-0.4, -0.2) is 270 Å². The SMILES string of the molecule is C.CC(=O)N(C)C.CC(=O)N(C)C.CN(C)C.CNC(=O)N(C)C.CNC(=O)N(C)C.CNC(=O)OC.CNC(=O)OC.CNC(=O)SC.CNC(=O)SC.COC.COC(C)=O.COC(C)=O.CSC. The van der Waals surface area contributed by atoms with Crippen molar-refractivity contribution in [3.05, 3.63) is 0 Å².